The number of ether oxygens (including phenoxy) is 1. The lowest BCUT2D eigenvalue weighted by Gasteiger charge is -2.09. The van der Waals surface area contributed by atoms with Crippen LogP contribution >= 0.6 is 11.3 Å². The van der Waals surface area contributed by atoms with Crippen LogP contribution in [0.25, 0.3) is 10.2 Å². The first kappa shape index (κ1) is 17.9. The first-order valence-corrected chi connectivity index (χ1v) is 8.86. The van der Waals surface area contributed by atoms with Gasteiger partial charge in [0.25, 0.3) is 0 Å². The molecule has 2 aromatic carbocycles. The normalized spacial score (nSPS) is 11.6. The first-order valence-electron chi connectivity index (χ1n) is 8.04. The Morgan fingerprint density at radius 2 is 2.00 bits per heavy atom. The molecule has 0 fully saturated rings. The van der Waals surface area contributed by atoms with E-state index in [1.165, 1.54) is 25.4 Å². The van der Waals surface area contributed by atoms with Gasteiger partial charge < -0.3 is 9.30 Å². The van der Waals surface area contributed by atoms with Crippen LogP contribution in [0.4, 0.5) is 0 Å². The zero-order valence-electron chi connectivity index (χ0n) is 14.8. The number of ketones is 1. The van der Waals surface area contributed by atoms with Crippen LogP contribution in [-0.2, 0) is 18.3 Å². The van der Waals surface area contributed by atoms with E-state index in [9.17, 15) is 9.59 Å². The summed E-state index contributed by atoms with van der Waals surface area (Å²) in [5.74, 6) is 0.232. The molecule has 1 N–H and O–H groups in total. The molecule has 0 aliphatic carbocycles. The van der Waals surface area contributed by atoms with Crippen molar-refractivity contribution in [1.82, 2.24) is 9.99 Å². The van der Waals surface area contributed by atoms with Gasteiger partial charge in [-0.3, -0.25) is 9.59 Å². The number of benzene rings is 2. The van der Waals surface area contributed by atoms with Crippen LogP contribution in [0.3, 0.4) is 0 Å². The van der Waals surface area contributed by atoms with Crippen molar-refractivity contribution in [3.63, 3.8) is 0 Å². The number of amides is 1. The molecule has 1 amide bonds. The summed E-state index contributed by atoms with van der Waals surface area (Å²) in [4.78, 5) is 24.6. The van der Waals surface area contributed by atoms with Crippen molar-refractivity contribution in [2.45, 2.75) is 13.3 Å². The first-order chi connectivity index (χ1) is 12.5. The highest BCUT2D eigenvalue weighted by molar-refractivity contribution is 7.16. The molecule has 0 aliphatic rings. The van der Waals surface area contributed by atoms with Crippen molar-refractivity contribution in [3.05, 3.63) is 58.4 Å². The van der Waals surface area contributed by atoms with Crippen LogP contribution in [0.15, 0.2) is 47.6 Å². The Morgan fingerprint density at radius 3 is 2.69 bits per heavy atom. The average Bonchev–Trinajstić information content (AvgIpc) is 2.96. The van der Waals surface area contributed by atoms with E-state index in [-0.39, 0.29) is 18.1 Å². The summed E-state index contributed by atoms with van der Waals surface area (Å²) < 4.78 is 8.30. The highest BCUT2D eigenvalue weighted by atomic mass is 32.1. The third-order valence-corrected chi connectivity index (χ3v) is 5.14. The van der Waals surface area contributed by atoms with E-state index >= 15 is 0 Å². The number of nitrogens with zero attached hydrogens (tertiary/aromatic N) is 2. The number of nitrogens with one attached hydrogen (secondary N) is 1. The van der Waals surface area contributed by atoms with Crippen molar-refractivity contribution in [2.75, 3.05) is 7.11 Å². The number of hydrogen-bond donors (Lipinski definition) is 1. The lowest BCUT2D eigenvalue weighted by atomic mass is 10.0. The second kappa shape index (κ2) is 7.53. The number of fused-ring (bicyclic) bond motifs is 1. The third-order valence-electron chi connectivity index (χ3n) is 4.03. The molecule has 6 nitrogen and oxygen atoms in total. The Balaban J connectivity index is 1.81. The number of methoxy groups -OCH3 is 1. The molecule has 0 saturated carbocycles. The summed E-state index contributed by atoms with van der Waals surface area (Å²) in [6.07, 6.45) is 0.0718. The number of para-hydroxylation sites is 1. The fraction of sp³-hybridized carbons (Fsp3) is 0.211. The Hall–Kier alpha value is -2.93. The molecule has 3 aromatic rings. The van der Waals surface area contributed by atoms with Gasteiger partial charge in [-0.2, -0.15) is 0 Å². The zero-order chi connectivity index (χ0) is 18.7. The Bertz CT molecular complexity index is 1050. The fourth-order valence-corrected chi connectivity index (χ4v) is 3.63. The number of hydrogen-bond acceptors (Lipinski definition) is 5. The maximum absolute atomic E-state index is 12.3. The minimum atomic E-state index is -0.276. The van der Waals surface area contributed by atoms with Gasteiger partial charge in [0.05, 0.1) is 23.7 Å². The van der Waals surface area contributed by atoms with Crippen molar-refractivity contribution in [3.8, 4) is 5.75 Å². The molecule has 0 aliphatic heterocycles. The standard InChI is InChI=1S/C19H19N3O3S/c1-12(23)13-8-9-16(25-3)14(10-13)11-18(24)20-21-19-22(2)15-6-4-5-7-17(15)26-19/h4-10H,11H2,1-3H3,(H,20,24)/b21-19-. The highest BCUT2D eigenvalue weighted by Gasteiger charge is 2.11. The molecule has 0 bridgehead atoms. The molecule has 0 spiro atoms. The van der Waals surface area contributed by atoms with E-state index < -0.39 is 0 Å². The largest absolute Gasteiger partial charge is 0.496 e. The second-order valence-corrected chi connectivity index (χ2v) is 6.83. The molecule has 7 heteroatoms. The van der Waals surface area contributed by atoms with Gasteiger partial charge >= 0.3 is 0 Å². The minimum absolute atomic E-state index is 0.0590. The number of carbonyl (C=O) groups excluding carboxylic acids is 2. The van der Waals surface area contributed by atoms with Crippen molar-refractivity contribution >= 4 is 33.2 Å². The van der Waals surface area contributed by atoms with Crippen LogP contribution in [-0.4, -0.2) is 23.4 Å². The zero-order valence-corrected chi connectivity index (χ0v) is 15.6. The van der Waals surface area contributed by atoms with Gasteiger partial charge in [0.1, 0.15) is 5.75 Å². The lowest BCUT2D eigenvalue weighted by molar-refractivity contribution is -0.120. The van der Waals surface area contributed by atoms with E-state index in [4.69, 9.17) is 4.74 Å². The topological polar surface area (TPSA) is 72.7 Å². The maximum Gasteiger partial charge on any atom is 0.244 e. The Morgan fingerprint density at radius 1 is 1.23 bits per heavy atom. The summed E-state index contributed by atoms with van der Waals surface area (Å²) in [6.45, 7) is 1.49. The molecular formula is C19H19N3O3S. The van der Waals surface area contributed by atoms with Gasteiger partial charge in [-0.15, -0.1) is 5.10 Å². The van der Waals surface area contributed by atoms with E-state index in [0.29, 0.717) is 21.7 Å². The van der Waals surface area contributed by atoms with Gasteiger partial charge in [-0.05, 0) is 37.3 Å². The molecule has 3 rings (SSSR count). The quantitative estimate of drug-likeness (QED) is 0.555. The molecule has 0 radical (unpaired) electrons. The Kier molecular flexibility index (Phi) is 5.18. The summed E-state index contributed by atoms with van der Waals surface area (Å²) in [6, 6.07) is 13.0. The number of aryl methyl sites for hydroxylation is 1. The van der Waals surface area contributed by atoms with Gasteiger partial charge in [-0.1, -0.05) is 23.5 Å². The molecule has 0 saturated heterocycles. The number of thiazole rings is 1. The van der Waals surface area contributed by atoms with Crippen LogP contribution in [0.1, 0.15) is 22.8 Å². The summed E-state index contributed by atoms with van der Waals surface area (Å²) in [5.41, 5.74) is 4.83. The Labute approximate surface area is 154 Å². The third kappa shape index (κ3) is 3.67. The van der Waals surface area contributed by atoms with Gasteiger partial charge in [0, 0.05) is 18.2 Å². The van der Waals surface area contributed by atoms with Gasteiger partial charge in [-0.25, -0.2) is 5.43 Å². The van der Waals surface area contributed by atoms with E-state index in [1.807, 2.05) is 35.9 Å². The van der Waals surface area contributed by atoms with E-state index in [1.54, 1.807) is 18.2 Å². The fourth-order valence-electron chi connectivity index (χ4n) is 2.65. The highest BCUT2D eigenvalue weighted by Crippen LogP contribution is 2.21. The number of carbonyl (C=O) groups is 2. The van der Waals surface area contributed by atoms with Crippen LogP contribution in [0.2, 0.25) is 0 Å². The van der Waals surface area contributed by atoms with Gasteiger partial charge in [0.2, 0.25) is 10.7 Å². The smallest absolute Gasteiger partial charge is 0.244 e. The number of aromatic nitrogens is 1. The van der Waals surface area contributed by atoms with E-state index in [0.717, 1.165) is 10.2 Å². The second-order valence-electron chi connectivity index (χ2n) is 5.82. The predicted octanol–water partition coefficient (Wildman–Crippen LogP) is 2.63. The summed E-state index contributed by atoms with van der Waals surface area (Å²) in [7, 11) is 3.44. The molecule has 26 heavy (non-hydrogen) atoms. The molecule has 0 atom stereocenters. The SMILES string of the molecule is COc1ccc(C(C)=O)cc1CC(=O)N/N=c1\sc2ccccc2n1C. The van der Waals surface area contributed by atoms with Crippen LogP contribution in [0, 0.1) is 0 Å². The monoisotopic (exact) mass is 369 g/mol. The summed E-state index contributed by atoms with van der Waals surface area (Å²) in [5, 5.41) is 4.23. The van der Waals surface area contributed by atoms with Crippen LogP contribution < -0.4 is 15.0 Å². The molecule has 134 valence electrons. The van der Waals surface area contributed by atoms with Crippen molar-refractivity contribution in [2.24, 2.45) is 12.1 Å². The van der Waals surface area contributed by atoms with Crippen molar-refractivity contribution < 1.29 is 14.3 Å². The molecule has 1 aromatic heterocycles. The minimum Gasteiger partial charge on any atom is -0.496 e. The van der Waals surface area contributed by atoms with Gasteiger partial charge in [0.15, 0.2) is 5.78 Å². The number of rotatable bonds is 5. The van der Waals surface area contributed by atoms with Crippen LogP contribution in [0.5, 0.6) is 5.75 Å². The molecule has 0 unspecified atom stereocenters. The lowest BCUT2D eigenvalue weighted by Crippen LogP contribution is -2.24. The molecular weight excluding hydrogens is 350 g/mol. The maximum atomic E-state index is 12.3. The summed E-state index contributed by atoms with van der Waals surface area (Å²) >= 11 is 1.50. The average molecular weight is 369 g/mol. The predicted molar refractivity (Wildman–Crippen MR) is 101 cm³/mol. The number of Topliss-reactive ketones (excluding diaryl/α,β-unsaturated/α-hetero) is 1. The van der Waals surface area contributed by atoms with Crippen molar-refractivity contribution in [1.29, 1.82) is 0 Å². The van der Waals surface area contributed by atoms with E-state index in [2.05, 4.69) is 10.5 Å². The molecule has 1 heterocycles.